The summed E-state index contributed by atoms with van der Waals surface area (Å²) in [6.45, 7) is 1.06. The molecule has 0 radical (unpaired) electrons. The van der Waals surface area contributed by atoms with E-state index in [0.717, 1.165) is 4.47 Å². The molecule has 0 saturated carbocycles. The van der Waals surface area contributed by atoms with Crippen LogP contribution in [0.2, 0.25) is 15.1 Å². The zero-order valence-electron chi connectivity index (χ0n) is 14.1. The first-order valence-corrected chi connectivity index (χ1v) is 10.3. The van der Waals surface area contributed by atoms with Crippen LogP contribution in [0.5, 0.6) is 0 Å². The zero-order valence-corrected chi connectivity index (χ0v) is 18.0. The fourth-order valence-corrected chi connectivity index (χ4v) is 3.83. The molecule has 0 bridgehead atoms. The molecule has 2 aromatic carbocycles. The first-order chi connectivity index (χ1) is 12.8. The van der Waals surface area contributed by atoms with Gasteiger partial charge in [-0.3, -0.25) is 9.59 Å². The van der Waals surface area contributed by atoms with Crippen LogP contribution in [0.25, 0.3) is 0 Å². The number of anilines is 1. The molecule has 8 heteroatoms. The lowest BCUT2D eigenvalue weighted by atomic mass is 9.95. The Kier molecular flexibility index (Phi) is 6.69. The van der Waals surface area contributed by atoms with Gasteiger partial charge in [-0.2, -0.15) is 0 Å². The van der Waals surface area contributed by atoms with E-state index in [0.29, 0.717) is 52.2 Å². The molecule has 0 unspecified atom stereocenters. The SMILES string of the molecule is O=C(Nc1cc(Cl)c(Cl)cc1Cl)C1CCN(C(=O)c2ccc(Br)cc2)CC1. The topological polar surface area (TPSA) is 49.4 Å². The van der Waals surface area contributed by atoms with E-state index in [9.17, 15) is 9.59 Å². The second kappa shape index (κ2) is 8.82. The van der Waals surface area contributed by atoms with Gasteiger partial charge in [0.15, 0.2) is 0 Å². The number of carbonyl (C=O) groups excluding carboxylic acids is 2. The van der Waals surface area contributed by atoms with Crippen LogP contribution in [0.1, 0.15) is 23.2 Å². The summed E-state index contributed by atoms with van der Waals surface area (Å²) in [4.78, 5) is 26.9. The molecule has 2 amide bonds. The van der Waals surface area contributed by atoms with Gasteiger partial charge in [0.1, 0.15) is 0 Å². The summed E-state index contributed by atoms with van der Waals surface area (Å²) in [6, 6.07) is 10.3. The number of hydrogen-bond donors (Lipinski definition) is 1. The van der Waals surface area contributed by atoms with Crippen molar-refractivity contribution in [3.63, 3.8) is 0 Å². The van der Waals surface area contributed by atoms with Crippen LogP contribution in [-0.2, 0) is 4.79 Å². The summed E-state index contributed by atoms with van der Waals surface area (Å²) in [7, 11) is 0. The number of halogens is 4. The van der Waals surface area contributed by atoms with Crippen LogP contribution >= 0.6 is 50.7 Å². The summed E-state index contributed by atoms with van der Waals surface area (Å²) in [6.07, 6.45) is 1.18. The second-order valence-electron chi connectivity index (χ2n) is 6.31. The summed E-state index contributed by atoms with van der Waals surface area (Å²) in [5.41, 5.74) is 1.08. The monoisotopic (exact) mass is 488 g/mol. The summed E-state index contributed by atoms with van der Waals surface area (Å²) in [5, 5.41) is 3.80. The Balaban J connectivity index is 1.58. The summed E-state index contributed by atoms with van der Waals surface area (Å²) < 4.78 is 0.926. The van der Waals surface area contributed by atoms with Gasteiger partial charge in [-0.1, -0.05) is 50.7 Å². The molecule has 2 aromatic rings. The smallest absolute Gasteiger partial charge is 0.253 e. The Bertz CT molecular complexity index is 866. The third-order valence-corrected chi connectivity index (χ3v) is 6.08. The number of hydrogen-bond acceptors (Lipinski definition) is 2. The van der Waals surface area contributed by atoms with E-state index < -0.39 is 0 Å². The molecule has 3 rings (SSSR count). The number of benzene rings is 2. The predicted molar refractivity (Wildman–Crippen MR) is 113 cm³/mol. The molecule has 1 heterocycles. The minimum atomic E-state index is -0.190. The number of likely N-dealkylation sites (tertiary alicyclic amines) is 1. The van der Waals surface area contributed by atoms with E-state index in [4.69, 9.17) is 34.8 Å². The third-order valence-electron chi connectivity index (χ3n) is 4.51. The molecule has 0 atom stereocenters. The number of carbonyl (C=O) groups is 2. The van der Waals surface area contributed by atoms with Crippen molar-refractivity contribution in [3.8, 4) is 0 Å². The molecular weight excluding hydrogens is 474 g/mol. The lowest BCUT2D eigenvalue weighted by molar-refractivity contribution is -0.121. The summed E-state index contributed by atoms with van der Waals surface area (Å²) >= 11 is 21.4. The quantitative estimate of drug-likeness (QED) is 0.545. The first-order valence-electron chi connectivity index (χ1n) is 8.35. The molecule has 0 aliphatic carbocycles. The van der Waals surface area contributed by atoms with Gasteiger partial charge in [0.05, 0.1) is 20.8 Å². The van der Waals surface area contributed by atoms with Crippen molar-refractivity contribution >= 4 is 68.2 Å². The minimum Gasteiger partial charge on any atom is -0.339 e. The second-order valence-corrected chi connectivity index (χ2v) is 8.45. The molecule has 1 fully saturated rings. The Morgan fingerprint density at radius 2 is 1.56 bits per heavy atom. The van der Waals surface area contributed by atoms with E-state index in [1.807, 2.05) is 12.1 Å². The predicted octanol–water partition coefficient (Wildman–Crippen LogP) is 5.90. The highest BCUT2D eigenvalue weighted by atomic mass is 79.9. The van der Waals surface area contributed by atoms with Gasteiger partial charge in [-0.15, -0.1) is 0 Å². The fourth-order valence-electron chi connectivity index (χ4n) is 2.97. The van der Waals surface area contributed by atoms with Crippen molar-refractivity contribution < 1.29 is 9.59 Å². The largest absolute Gasteiger partial charge is 0.339 e. The van der Waals surface area contributed by atoms with Crippen LogP contribution in [0.15, 0.2) is 40.9 Å². The van der Waals surface area contributed by atoms with E-state index in [-0.39, 0.29) is 17.7 Å². The first kappa shape index (κ1) is 20.5. The van der Waals surface area contributed by atoms with Gasteiger partial charge in [0, 0.05) is 29.0 Å². The van der Waals surface area contributed by atoms with Crippen LogP contribution in [0.4, 0.5) is 5.69 Å². The maximum absolute atomic E-state index is 12.6. The van der Waals surface area contributed by atoms with Gasteiger partial charge < -0.3 is 10.2 Å². The molecule has 1 aliphatic heterocycles. The van der Waals surface area contributed by atoms with E-state index in [1.54, 1.807) is 17.0 Å². The average Bonchev–Trinajstić information content (AvgIpc) is 2.66. The maximum Gasteiger partial charge on any atom is 0.253 e. The van der Waals surface area contributed by atoms with Crippen molar-refractivity contribution in [1.82, 2.24) is 4.90 Å². The molecule has 1 N–H and O–H groups in total. The number of amides is 2. The number of rotatable bonds is 3. The van der Waals surface area contributed by atoms with Crippen molar-refractivity contribution in [2.45, 2.75) is 12.8 Å². The molecule has 4 nitrogen and oxygen atoms in total. The van der Waals surface area contributed by atoms with Gasteiger partial charge in [-0.05, 0) is 49.2 Å². The summed E-state index contributed by atoms with van der Waals surface area (Å²) in [5.74, 6) is -0.343. The molecule has 142 valence electrons. The maximum atomic E-state index is 12.6. The van der Waals surface area contributed by atoms with Crippen molar-refractivity contribution in [3.05, 3.63) is 61.5 Å². The van der Waals surface area contributed by atoms with Crippen LogP contribution in [0, 0.1) is 5.92 Å². The van der Waals surface area contributed by atoms with Crippen molar-refractivity contribution in [1.29, 1.82) is 0 Å². The normalized spacial score (nSPS) is 14.9. The van der Waals surface area contributed by atoms with Gasteiger partial charge in [-0.25, -0.2) is 0 Å². The Morgan fingerprint density at radius 3 is 2.19 bits per heavy atom. The molecule has 27 heavy (non-hydrogen) atoms. The van der Waals surface area contributed by atoms with E-state index >= 15 is 0 Å². The van der Waals surface area contributed by atoms with Gasteiger partial charge in [0.2, 0.25) is 5.91 Å². The molecular formula is C19H16BrCl3N2O2. The van der Waals surface area contributed by atoms with Crippen molar-refractivity contribution in [2.24, 2.45) is 5.92 Å². The molecule has 1 aliphatic rings. The van der Waals surface area contributed by atoms with E-state index in [1.165, 1.54) is 12.1 Å². The Hall–Kier alpha value is -1.27. The number of nitrogens with one attached hydrogen (secondary N) is 1. The standard InChI is InChI=1S/C19H16BrCl3N2O2/c20-13-3-1-12(2-4-13)19(27)25-7-5-11(6-8-25)18(26)24-17-10-15(22)14(21)9-16(17)23/h1-4,9-11H,5-8H2,(H,24,26). The molecule has 1 saturated heterocycles. The molecule has 0 spiro atoms. The third kappa shape index (κ3) is 4.96. The zero-order chi connectivity index (χ0) is 19.6. The lowest BCUT2D eigenvalue weighted by Crippen LogP contribution is -2.41. The van der Waals surface area contributed by atoms with Crippen molar-refractivity contribution in [2.75, 3.05) is 18.4 Å². The molecule has 0 aromatic heterocycles. The minimum absolute atomic E-state index is 0.0196. The van der Waals surface area contributed by atoms with Crippen LogP contribution in [-0.4, -0.2) is 29.8 Å². The fraction of sp³-hybridized carbons (Fsp3) is 0.263. The van der Waals surface area contributed by atoms with Crippen LogP contribution < -0.4 is 5.32 Å². The highest BCUT2D eigenvalue weighted by Gasteiger charge is 2.28. The lowest BCUT2D eigenvalue weighted by Gasteiger charge is -2.31. The Labute approximate surface area is 180 Å². The number of piperidine rings is 1. The van der Waals surface area contributed by atoms with Gasteiger partial charge >= 0.3 is 0 Å². The van der Waals surface area contributed by atoms with Gasteiger partial charge in [0.25, 0.3) is 5.91 Å². The number of nitrogens with zero attached hydrogens (tertiary/aromatic N) is 1. The highest BCUT2D eigenvalue weighted by molar-refractivity contribution is 9.10. The van der Waals surface area contributed by atoms with E-state index in [2.05, 4.69) is 21.2 Å². The Morgan fingerprint density at radius 1 is 0.963 bits per heavy atom. The van der Waals surface area contributed by atoms with Crippen LogP contribution in [0.3, 0.4) is 0 Å². The highest BCUT2D eigenvalue weighted by Crippen LogP contribution is 2.33. The average molecular weight is 491 g/mol.